The van der Waals surface area contributed by atoms with Crippen LogP contribution in [0, 0.1) is 13.8 Å². The van der Waals surface area contributed by atoms with Crippen molar-refractivity contribution in [3.63, 3.8) is 0 Å². The molecule has 0 spiro atoms. The number of hydrogen-bond acceptors (Lipinski definition) is 5. The van der Waals surface area contributed by atoms with Gasteiger partial charge in [0.05, 0.1) is 5.69 Å². The fourth-order valence-corrected chi connectivity index (χ4v) is 3.72. The molecule has 0 radical (unpaired) electrons. The van der Waals surface area contributed by atoms with Crippen LogP contribution in [0.5, 0.6) is 5.75 Å². The van der Waals surface area contributed by atoms with E-state index < -0.39 is 17.8 Å². The van der Waals surface area contributed by atoms with Gasteiger partial charge >= 0.3 is 6.03 Å². The number of anilines is 2. The summed E-state index contributed by atoms with van der Waals surface area (Å²) < 4.78 is 5.55. The van der Waals surface area contributed by atoms with E-state index in [1.54, 1.807) is 24.3 Å². The quantitative estimate of drug-likeness (QED) is 0.376. The average molecular weight is 504 g/mol. The maximum atomic E-state index is 12.9. The Morgan fingerprint density at radius 3 is 2.36 bits per heavy atom. The van der Waals surface area contributed by atoms with Crippen molar-refractivity contribution in [2.24, 2.45) is 0 Å². The first-order valence-electron chi connectivity index (χ1n) is 11.0. The molecule has 3 aromatic carbocycles. The molecule has 8 nitrogen and oxygen atoms in total. The fraction of sp³-hybridized carbons (Fsp3) is 0.111. The summed E-state index contributed by atoms with van der Waals surface area (Å²) in [5, 5.41) is 5.43. The summed E-state index contributed by atoms with van der Waals surface area (Å²) in [7, 11) is 0. The van der Waals surface area contributed by atoms with Crippen LogP contribution in [-0.4, -0.2) is 30.4 Å². The maximum absolute atomic E-state index is 12.9. The zero-order valence-electron chi connectivity index (χ0n) is 19.5. The summed E-state index contributed by atoms with van der Waals surface area (Å²) in [4.78, 5) is 50.7. The third-order valence-electron chi connectivity index (χ3n) is 5.40. The highest BCUT2D eigenvalue weighted by Gasteiger charge is 2.36. The zero-order valence-corrected chi connectivity index (χ0v) is 20.3. The maximum Gasteiger partial charge on any atom is 0.335 e. The van der Waals surface area contributed by atoms with Crippen LogP contribution >= 0.6 is 11.6 Å². The molecule has 4 rings (SSSR count). The van der Waals surface area contributed by atoms with Gasteiger partial charge in [-0.05, 0) is 73.5 Å². The van der Waals surface area contributed by atoms with Crippen molar-refractivity contribution in [2.75, 3.05) is 16.8 Å². The minimum Gasteiger partial charge on any atom is -0.484 e. The van der Waals surface area contributed by atoms with Crippen LogP contribution in [0.15, 0.2) is 72.3 Å². The highest BCUT2D eigenvalue weighted by atomic mass is 35.5. The molecule has 2 N–H and O–H groups in total. The molecule has 1 fully saturated rings. The first-order valence-corrected chi connectivity index (χ1v) is 11.4. The van der Waals surface area contributed by atoms with Gasteiger partial charge in [-0.15, -0.1) is 0 Å². The highest BCUT2D eigenvalue weighted by Crippen LogP contribution is 2.24. The van der Waals surface area contributed by atoms with Crippen molar-refractivity contribution >= 4 is 52.8 Å². The van der Waals surface area contributed by atoms with Crippen LogP contribution in [0.1, 0.15) is 16.7 Å². The number of ether oxygens (including phenoxy) is 1. The van der Waals surface area contributed by atoms with E-state index >= 15 is 0 Å². The van der Waals surface area contributed by atoms with Crippen LogP contribution in [0.25, 0.3) is 6.08 Å². The fourth-order valence-electron chi connectivity index (χ4n) is 3.60. The Balaban J connectivity index is 1.42. The van der Waals surface area contributed by atoms with E-state index in [1.807, 2.05) is 32.0 Å². The number of hydrogen-bond donors (Lipinski definition) is 2. The number of carbonyl (C=O) groups excluding carboxylic acids is 4. The first-order chi connectivity index (χ1) is 17.2. The average Bonchev–Trinajstić information content (AvgIpc) is 2.84. The third kappa shape index (κ3) is 5.61. The standard InChI is InChI=1S/C27H22ClN3O5/c1-16-3-12-23(17(2)13-16)29-24(32)15-36-21-10-4-18(5-11-21)14-22-25(33)30-27(35)31(26(22)34)20-8-6-19(28)7-9-20/h3-14H,15H2,1-2H3,(H,29,32)(H,30,33,35)/b22-14-. The van der Waals surface area contributed by atoms with Crippen molar-refractivity contribution in [1.29, 1.82) is 0 Å². The topological polar surface area (TPSA) is 105 Å². The third-order valence-corrected chi connectivity index (χ3v) is 5.66. The van der Waals surface area contributed by atoms with Gasteiger partial charge < -0.3 is 10.1 Å². The summed E-state index contributed by atoms with van der Waals surface area (Å²) >= 11 is 5.88. The number of amides is 5. The zero-order chi connectivity index (χ0) is 25.8. The number of barbiturate groups is 1. The molecule has 0 unspecified atom stereocenters. The van der Waals surface area contributed by atoms with Crippen molar-refractivity contribution in [2.45, 2.75) is 13.8 Å². The number of nitrogens with zero attached hydrogens (tertiary/aromatic N) is 1. The van der Waals surface area contributed by atoms with Gasteiger partial charge in [0, 0.05) is 10.7 Å². The molecule has 3 aromatic rings. The molecule has 5 amide bonds. The molecule has 1 heterocycles. The second-order valence-electron chi connectivity index (χ2n) is 8.16. The summed E-state index contributed by atoms with van der Waals surface area (Å²) in [6, 6.07) is 17.5. The number of aryl methyl sites for hydroxylation is 2. The largest absolute Gasteiger partial charge is 0.484 e. The van der Waals surface area contributed by atoms with Crippen LogP contribution in [0.3, 0.4) is 0 Å². The number of nitrogens with one attached hydrogen (secondary N) is 2. The molecule has 182 valence electrons. The minimum absolute atomic E-state index is 0.188. The summed E-state index contributed by atoms with van der Waals surface area (Å²) in [6.07, 6.45) is 1.38. The van der Waals surface area contributed by atoms with Crippen molar-refractivity contribution in [3.05, 3.63) is 94.0 Å². The lowest BCUT2D eigenvalue weighted by Gasteiger charge is -2.26. The summed E-state index contributed by atoms with van der Waals surface area (Å²) in [5.41, 5.74) is 3.39. The lowest BCUT2D eigenvalue weighted by molar-refractivity contribution is -0.122. The van der Waals surface area contributed by atoms with E-state index in [1.165, 1.54) is 30.3 Å². The Bertz CT molecular complexity index is 1380. The van der Waals surface area contributed by atoms with Crippen LogP contribution in [0.4, 0.5) is 16.2 Å². The van der Waals surface area contributed by atoms with Gasteiger partial charge in [0.25, 0.3) is 17.7 Å². The number of rotatable bonds is 6. The van der Waals surface area contributed by atoms with Gasteiger partial charge in [-0.3, -0.25) is 19.7 Å². The van der Waals surface area contributed by atoms with E-state index in [0.29, 0.717) is 16.3 Å². The lowest BCUT2D eigenvalue weighted by atomic mass is 10.1. The van der Waals surface area contributed by atoms with Gasteiger partial charge in [-0.2, -0.15) is 0 Å². The molecule has 1 aliphatic heterocycles. The number of halogens is 1. The number of benzene rings is 3. The monoisotopic (exact) mass is 503 g/mol. The van der Waals surface area contributed by atoms with Gasteiger partial charge in [0.15, 0.2) is 6.61 Å². The minimum atomic E-state index is -0.840. The second kappa shape index (κ2) is 10.5. The Kier molecular flexibility index (Phi) is 7.17. The molecule has 1 aliphatic rings. The summed E-state index contributed by atoms with van der Waals surface area (Å²) in [6.45, 7) is 3.71. The van der Waals surface area contributed by atoms with Crippen LogP contribution in [0.2, 0.25) is 5.02 Å². The first kappa shape index (κ1) is 24.7. The predicted octanol–water partition coefficient (Wildman–Crippen LogP) is 4.64. The molecule has 0 saturated carbocycles. The molecule has 9 heteroatoms. The molecular formula is C27H22ClN3O5. The van der Waals surface area contributed by atoms with Gasteiger partial charge in [0.2, 0.25) is 0 Å². The number of urea groups is 1. The second-order valence-corrected chi connectivity index (χ2v) is 8.59. The van der Waals surface area contributed by atoms with E-state index in [0.717, 1.165) is 21.7 Å². The lowest BCUT2D eigenvalue weighted by Crippen LogP contribution is -2.54. The Morgan fingerprint density at radius 2 is 1.69 bits per heavy atom. The number of carbonyl (C=O) groups is 4. The molecule has 1 saturated heterocycles. The molecule has 0 aromatic heterocycles. The highest BCUT2D eigenvalue weighted by molar-refractivity contribution is 6.39. The molecule has 0 bridgehead atoms. The molecule has 0 aliphatic carbocycles. The predicted molar refractivity (Wildman–Crippen MR) is 137 cm³/mol. The smallest absolute Gasteiger partial charge is 0.335 e. The van der Waals surface area contributed by atoms with E-state index in [9.17, 15) is 19.2 Å². The Labute approximate surface area is 212 Å². The van der Waals surface area contributed by atoms with Crippen LogP contribution < -0.4 is 20.3 Å². The van der Waals surface area contributed by atoms with Gasteiger partial charge in [0.1, 0.15) is 11.3 Å². The van der Waals surface area contributed by atoms with Crippen LogP contribution in [-0.2, 0) is 14.4 Å². The SMILES string of the molecule is Cc1ccc(NC(=O)COc2ccc(/C=C3/C(=O)NC(=O)N(c4ccc(Cl)cc4)C3=O)cc2)c(C)c1. The Morgan fingerprint density at radius 1 is 1.00 bits per heavy atom. The van der Waals surface area contributed by atoms with E-state index in [-0.39, 0.29) is 23.8 Å². The normalized spacial score (nSPS) is 14.6. The Hall–Kier alpha value is -4.43. The van der Waals surface area contributed by atoms with E-state index in [4.69, 9.17) is 16.3 Å². The van der Waals surface area contributed by atoms with Crippen molar-refractivity contribution < 1.29 is 23.9 Å². The van der Waals surface area contributed by atoms with Gasteiger partial charge in [-0.25, -0.2) is 9.69 Å². The molecular weight excluding hydrogens is 482 g/mol. The summed E-state index contributed by atoms with van der Waals surface area (Å²) in [5.74, 6) is -1.41. The molecule has 0 atom stereocenters. The van der Waals surface area contributed by atoms with Crippen molar-refractivity contribution in [1.82, 2.24) is 5.32 Å². The van der Waals surface area contributed by atoms with E-state index in [2.05, 4.69) is 10.6 Å². The molecule has 36 heavy (non-hydrogen) atoms. The number of imide groups is 2. The van der Waals surface area contributed by atoms with Gasteiger partial charge in [-0.1, -0.05) is 41.4 Å². The van der Waals surface area contributed by atoms with Crippen molar-refractivity contribution in [3.8, 4) is 5.75 Å².